The first kappa shape index (κ1) is 18.6. The van der Waals surface area contributed by atoms with E-state index in [-0.39, 0.29) is 35.9 Å². The Kier molecular flexibility index (Phi) is 8.79. The predicted molar refractivity (Wildman–Crippen MR) is 78.3 cm³/mol. The molecule has 0 aliphatic heterocycles. The summed E-state index contributed by atoms with van der Waals surface area (Å²) in [6, 6.07) is -0.795. The van der Waals surface area contributed by atoms with Gasteiger partial charge < -0.3 is 16.4 Å². The van der Waals surface area contributed by atoms with Crippen molar-refractivity contribution in [2.75, 3.05) is 13.6 Å². The molecular formula is C14H27N3O3. The summed E-state index contributed by atoms with van der Waals surface area (Å²) < 4.78 is 0. The van der Waals surface area contributed by atoms with Crippen LogP contribution in [0.3, 0.4) is 0 Å². The van der Waals surface area contributed by atoms with Gasteiger partial charge in [0.15, 0.2) is 5.78 Å². The molecule has 0 aliphatic carbocycles. The first-order valence-electron chi connectivity index (χ1n) is 7.03. The number of rotatable bonds is 10. The van der Waals surface area contributed by atoms with Crippen molar-refractivity contribution in [3.8, 4) is 0 Å². The van der Waals surface area contributed by atoms with Crippen LogP contribution in [-0.2, 0) is 9.59 Å². The molecule has 20 heavy (non-hydrogen) atoms. The lowest BCUT2D eigenvalue weighted by molar-refractivity contribution is -0.128. The number of hydrogen-bond acceptors (Lipinski definition) is 4. The van der Waals surface area contributed by atoms with E-state index in [2.05, 4.69) is 10.6 Å². The third kappa shape index (κ3) is 7.23. The minimum atomic E-state index is -0.574. The molecule has 0 rings (SSSR count). The number of carbonyl (C=O) groups excluding carboxylic acids is 3. The van der Waals surface area contributed by atoms with E-state index in [1.165, 1.54) is 6.92 Å². The lowest BCUT2D eigenvalue weighted by atomic mass is 9.88. The Bertz CT molecular complexity index is 343. The van der Waals surface area contributed by atoms with Crippen molar-refractivity contribution in [2.24, 2.45) is 17.6 Å². The Morgan fingerprint density at radius 2 is 1.80 bits per heavy atom. The molecule has 0 saturated heterocycles. The number of urea groups is 1. The van der Waals surface area contributed by atoms with Gasteiger partial charge in [-0.05, 0) is 32.7 Å². The molecule has 116 valence electrons. The Labute approximate surface area is 120 Å². The summed E-state index contributed by atoms with van der Waals surface area (Å²) >= 11 is 0. The van der Waals surface area contributed by atoms with E-state index in [0.717, 1.165) is 0 Å². The van der Waals surface area contributed by atoms with Gasteiger partial charge in [0.2, 0.25) is 0 Å². The molecule has 6 nitrogen and oxygen atoms in total. The summed E-state index contributed by atoms with van der Waals surface area (Å²) in [7, 11) is 1.75. The van der Waals surface area contributed by atoms with Gasteiger partial charge in [0.25, 0.3) is 0 Å². The molecule has 2 amide bonds. The van der Waals surface area contributed by atoms with Crippen LogP contribution in [0.25, 0.3) is 0 Å². The highest BCUT2D eigenvalue weighted by Crippen LogP contribution is 2.16. The molecule has 0 bridgehead atoms. The number of carbonyl (C=O) groups is 3. The largest absolute Gasteiger partial charge is 0.352 e. The van der Waals surface area contributed by atoms with Crippen LogP contribution in [0.5, 0.6) is 0 Å². The molecule has 0 aliphatic rings. The fourth-order valence-corrected chi connectivity index (χ4v) is 2.25. The lowest BCUT2D eigenvalue weighted by Gasteiger charge is -2.21. The number of Topliss-reactive ketones (excluding diaryl/α,β-unsaturated/α-hetero) is 2. The van der Waals surface area contributed by atoms with Crippen LogP contribution in [0.1, 0.15) is 40.0 Å². The van der Waals surface area contributed by atoms with Crippen LogP contribution in [-0.4, -0.2) is 37.2 Å². The van der Waals surface area contributed by atoms with Crippen LogP contribution in [0.2, 0.25) is 0 Å². The average Bonchev–Trinajstić information content (AvgIpc) is 2.32. The van der Waals surface area contributed by atoms with Gasteiger partial charge in [-0.25, -0.2) is 4.79 Å². The first-order chi connectivity index (χ1) is 9.29. The Morgan fingerprint density at radius 3 is 2.20 bits per heavy atom. The molecule has 0 aromatic rings. The third-order valence-corrected chi connectivity index (χ3v) is 3.38. The second-order valence-electron chi connectivity index (χ2n) is 5.42. The molecule has 0 aromatic heterocycles. The summed E-state index contributed by atoms with van der Waals surface area (Å²) in [5.41, 5.74) is 4.96. The Hall–Kier alpha value is -1.43. The molecule has 0 spiro atoms. The summed E-state index contributed by atoms with van der Waals surface area (Å²) in [6.45, 7) is 5.87. The van der Waals surface area contributed by atoms with E-state index in [1.807, 2.05) is 13.8 Å². The number of nitrogens with two attached hydrogens (primary N) is 1. The standard InChI is InChI=1S/C14H27N3O3/c1-9(2)13(16-4)12(19)8-11(10(3)18)6-5-7-17-14(15)20/h9,11,13,16H,5-8H2,1-4H3,(H3,15,17,20)/t11-,13+/m0/s1. The van der Waals surface area contributed by atoms with Gasteiger partial charge in [-0.3, -0.25) is 9.59 Å². The van der Waals surface area contributed by atoms with E-state index >= 15 is 0 Å². The van der Waals surface area contributed by atoms with Gasteiger partial charge in [0.1, 0.15) is 5.78 Å². The highest BCUT2D eigenvalue weighted by atomic mass is 16.2. The van der Waals surface area contributed by atoms with E-state index in [1.54, 1.807) is 7.05 Å². The highest BCUT2D eigenvalue weighted by Gasteiger charge is 2.25. The van der Waals surface area contributed by atoms with Crippen LogP contribution >= 0.6 is 0 Å². The normalized spacial score (nSPS) is 13.8. The quantitative estimate of drug-likeness (QED) is 0.518. The fourth-order valence-electron chi connectivity index (χ4n) is 2.25. The molecule has 0 saturated carbocycles. The Morgan fingerprint density at radius 1 is 1.20 bits per heavy atom. The van der Waals surface area contributed by atoms with E-state index in [9.17, 15) is 14.4 Å². The first-order valence-corrected chi connectivity index (χ1v) is 7.03. The number of ketones is 2. The molecule has 0 heterocycles. The van der Waals surface area contributed by atoms with Crippen molar-refractivity contribution in [3.05, 3.63) is 0 Å². The maximum atomic E-state index is 12.2. The molecule has 2 atom stereocenters. The van der Waals surface area contributed by atoms with Crippen LogP contribution in [0.15, 0.2) is 0 Å². The molecule has 0 radical (unpaired) electrons. The second-order valence-corrected chi connectivity index (χ2v) is 5.42. The van der Waals surface area contributed by atoms with E-state index < -0.39 is 6.03 Å². The number of nitrogens with one attached hydrogen (secondary N) is 2. The van der Waals surface area contributed by atoms with Crippen molar-refractivity contribution in [3.63, 3.8) is 0 Å². The van der Waals surface area contributed by atoms with Gasteiger partial charge in [0.05, 0.1) is 6.04 Å². The van der Waals surface area contributed by atoms with Crippen molar-refractivity contribution in [1.82, 2.24) is 10.6 Å². The van der Waals surface area contributed by atoms with Gasteiger partial charge in [-0.15, -0.1) is 0 Å². The van der Waals surface area contributed by atoms with Gasteiger partial charge in [-0.1, -0.05) is 13.8 Å². The number of primary amides is 1. The van der Waals surface area contributed by atoms with Crippen LogP contribution < -0.4 is 16.4 Å². The summed E-state index contributed by atoms with van der Waals surface area (Å²) in [5, 5.41) is 5.47. The zero-order valence-electron chi connectivity index (χ0n) is 12.9. The van der Waals surface area contributed by atoms with Gasteiger partial charge in [0, 0.05) is 18.9 Å². The van der Waals surface area contributed by atoms with Crippen molar-refractivity contribution in [1.29, 1.82) is 0 Å². The minimum Gasteiger partial charge on any atom is -0.352 e. The molecule has 0 fully saturated rings. The topological polar surface area (TPSA) is 101 Å². The summed E-state index contributed by atoms with van der Waals surface area (Å²) in [5.74, 6) is -0.0231. The van der Waals surface area contributed by atoms with Crippen molar-refractivity contribution in [2.45, 2.75) is 46.1 Å². The molecular weight excluding hydrogens is 258 g/mol. The minimum absolute atomic E-state index is 0.0102. The van der Waals surface area contributed by atoms with Crippen molar-refractivity contribution < 1.29 is 14.4 Å². The SMILES string of the molecule is CN[C@@H](C(=O)C[C@H](CCCNC(N)=O)C(C)=O)C(C)C. The van der Waals surface area contributed by atoms with E-state index in [0.29, 0.717) is 19.4 Å². The maximum absolute atomic E-state index is 12.2. The zero-order valence-corrected chi connectivity index (χ0v) is 12.9. The van der Waals surface area contributed by atoms with Crippen molar-refractivity contribution >= 4 is 17.6 Å². The lowest BCUT2D eigenvalue weighted by Crippen LogP contribution is -2.40. The summed E-state index contributed by atoms with van der Waals surface area (Å²) in [4.78, 5) is 34.3. The summed E-state index contributed by atoms with van der Waals surface area (Å²) in [6.07, 6.45) is 1.46. The Balaban J connectivity index is 4.36. The fraction of sp³-hybridized carbons (Fsp3) is 0.786. The van der Waals surface area contributed by atoms with Crippen LogP contribution in [0.4, 0.5) is 4.79 Å². The highest BCUT2D eigenvalue weighted by molar-refractivity contribution is 5.89. The van der Waals surface area contributed by atoms with E-state index in [4.69, 9.17) is 5.73 Å². The maximum Gasteiger partial charge on any atom is 0.312 e. The molecule has 6 heteroatoms. The number of amides is 2. The van der Waals surface area contributed by atoms with Gasteiger partial charge in [-0.2, -0.15) is 0 Å². The number of likely N-dealkylation sites (N-methyl/N-ethyl adjacent to an activating group) is 1. The average molecular weight is 285 g/mol. The molecule has 4 N–H and O–H groups in total. The second kappa shape index (κ2) is 9.47. The zero-order chi connectivity index (χ0) is 15.7. The third-order valence-electron chi connectivity index (χ3n) is 3.38. The number of hydrogen-bond donors (Lipinski definition) is 3. The molecule has 0 unspecified atom stereocenters. The predicted octanol–water partition coefficient (Wildman–Crippen LogP) is 0.843. The van der Waals surface area contributed by atoms with Gasteiger partial charge >= 0.3 is 6.03 Å². The smallest absolute Gasteiger partial charge is 0.312 e. The van der Waals surface area contributed by atoms with Crippen LogP contribution in [0, 0.1) is 11.8 Å². The monoisotopic (exact) mass is 285 g/mol. The molecule has 0 aromatic carbocycles.